The number of nitrogens with zero attached hydrogens (tertiary/aromatic N) is 1. The van der Waals surface area contributed by atoms with Gasteiger partial charge < -0.3 is 5.11 Å². The third kappa shape index (κ3) is 1.66. The average Bonchev–Trinajstić information content (AvgIpc) is 2.04. The van der Waals surface area contributed by atoms with E-state index in [-0.39, 0.29) is 17.2 Å². The Morgan fingerprint density at radius 2 is 1.92 bits per heavy atom. The van der Waals surface area contributed by atoms with Crippen LogP contribution in [0, 0.1) is 0 Å². The molecule has 62 valence electrons. The zero-order valence-corrected chi connectivity index (χ0v) is 6.44. The van der Waals surface area contributed by atoms with Gasteiger partial charge in [0.1, 0.15) is 11.4 Å². The second-order valence-corrected chi connectivity index (χ2v) is 2.27. The molecule has 0 aromatic carbocycles. The van der Waals surface area contributed by atoms with Crippen molar-refractivity contribution in [2.24, 2.45) is 0 Å². The maximum absolute atomic E-state index is 10.8. The Balaban J connectivity index is 3.12. The molecule has 4 nitrogen and oxygen atoms in total. The van der Waals surface area contributed by atoms with Crippen LogP contribution in [0.3, 0.4) is 0 Å². The molecule has 1 aromatic rings. The minimum absolute atomic E-state index is 0.109. The number of Topliss-reactive ketones (excluding diaryl/α,β-unsaturated/α-hetero) is 1. The number of carbonyl (C=O) groups is 2. The van der Waals surface area contributed by atoms with Crippen LogP contribution in [0.1, 0.15) is 27.9 Å². The first-order valence-electron chi connectivity index (χ1n) is 3.32. The van der Waals surface area contributed by atoms with E-state index in [0.717, 1.165) is 0 Å². The molecule has 0 aliphatic rings. The monoisotopic (exact) mass is 165 g/mol. The van der Waals surface area contributed by atoms with E-state index >= 15 is 0 Å². The van der Waals surface area contributed by atoms with E-state index in [0.29, 0.717) is 0 Å². The fourth-order valence-corrected chi connectivity index (χ4v) is 0.750. The normalized spacial score (nSPS) is 9.42. The third-order valence-electron chi connectivity index (χ3n) is 1.33. The molecular weight excluding hydrogens is 158 g/mol. The van der Waals surface area contributed by atoms with Gasteiger partial charge in [0.25, 0.3) is 0 Å². The molecule has 0 unspecified atom stereocenters. The summed E-state index contributed by atoms with van der Waals surface area (Å²) in [5.74, 6) is -1.36. The molecule has 0 atom stereocenters. The minimum atomic E-state index is -1.13. The fraction of sp³-hybridized carbons (Fsp3) is 0.125. The minimum Gasteiger partial charge on any atom is -0.477 e. The number of pyridine rings is 1. The summed E-state index contributed by atoms with van der Waals surface area (Å²) in [5.41, 5.74) is 0.0672. The maximum Gasteiger partial charge on any atom is 0.354 e. The van der Waals surface area contributed by atoms with Crippen molar-refractivity contribution in [2.45, 2.75) is 6.92 Å². The predicted octanol–water partition coefficient (Wildman–Crippen LogP) is 0.982. The van der Waals surface area contributed by atoms with Crippen molar-refractivity contribution in [3.8, 4) is 0 Å². The van der Waals surface area contributed by atoms with Crippen LogP contribution in [-0.2, 0) is 0 Å². The van der Waals surface area contributed by atoms with Gasteiger partial charge in [0.05, 0.1) is 0 Å². The Morgan fingerprint density at radius 1 is 1.33 bits per heavy atom. The highest BCUT2D eigenvalue weighted by molar-refractivity contribution is 5.93. The Kier molecular flexibility index (Phi) is 2.19. The molecule has 1 heterocycles. The molecule has 0 aliphatic carbocycles. The first-order chi connectivity index (χ1) is 5.61. The van der Waals surface area contributed by atoms with E-state index in [4.69, 9.17) is 5.11 Å². The SMILES string of the molecule is CC(=O)c1cccc(C(=O)O)n1. The predicted molar refractivity (Wildman–Crippen MR) is 41.2 cm³/mol. The zero-order chi connectivity index (χ0) is 9.14. The van der Waals surface area contributed by atoms with Gasteiger partial charge in [0.15, 0.2) is 5.78 Å². The number of ketones is 1. The second kappa shape index (κ2) is 3.13. The summed E-state index contributed by atoms with van der Waals surface area (Å²) in [6.07, 6.45) is 0. The van der Waals surface area contributed by atoms with E-state index in [1.165, 1.54) is 25.1 Å². The van der Waals surface area contributed by atoms with Crippen LogP contribution in [0.4, 0.5) is 0 Å². The van der Waals surface area contributed by atoms with E-state index in [9.17, 15) is 9.59 Å². The zero-order valence-electron chi connectivity index (χ0n) is 6.44. The van der Waals surface area contributed by atoms with Gasteiger partial charge in [-0.05, 0) is 12.1 Å². The van der Waals surface area contributed by atoms with Crippen LogP contribution in [-0.4, -0.2) is 21.8 Å². The largest absolute Gasteiger partial charge is 0.477 e. The highest BCUT2D eigenvalue weighted by Crippen LogP contribution is 1.99. The molecule has 1 N–H and O–H groups in total. The van der Waals surface area contributed by atoms with Gasteiger partial charge in [-0.2, -0.15) is 0 Å². The number of carboxylic acids is 1. The number of carbonyl (C=O) groups excluding carboxylic acids is 1. The third-order valence-corrected chi connectivity index (χ3v) is 1.33. The molecule has 0 amide bonds. The highest BCUT2D eigenvalue weighted by atomic mass is 16.4. The lowest BCUT2D eigenvalue weighted by atomic mass is 10.2. The van der Waals surface area contributed by atoms with Crippen molar-refractivity contribution < 1.29 is 14.7 Å². The van der Waals surface area contributed by atoms with Gasteiger partial charge in [-0.3, -0.25) is 4.79 Å². The lowest BCUT2D eigenvalue weighted by molar-refractivity contribution is 0.0690. The summed E-state index contributed by atoms with van der Waals surface area (Å²) in [6.45, 7) is 1.34. The molecule has 1 rings (SSSR count). The van der Waals surface area contributed by atoms with E-state index in [2.05, 4.69) is 4.98 Å². The van der Waals surface area contributed by atoms with Crippen molar-refractivity contribution in [1.82, 2.24) is 4.98 Å². The number of hydrogen-bond donors (Lipinski definition) is 1. The molecule has 12 heavy (non-hydrogen) atoms. The first-order valence-corrected chi connectivity index (χ1v) is 3.32. The molecule has 1 aromatic heterocycles. The number of aromatic carboxylic acids is 1. The van der Waals surface area contributed by atoms with E-state index < -0.39 is 5.97 Å². The van der Waals surface area contributed by atoms with Gasteiger partial charge in [-0.1, -0.05) is 6.07 Å². The molecule has 4 heteroatoms. The van der Waals surface area contributed by atoms with E-state index in [1.807, 2.05) is 0 Å². The Labute approximate surface area is 68.9 Å². The highest BCUT2D eigenvalue weighted by Gasteiger charge is 2.06. The van der Waals surface area contributed by atoms with E-state index in [1.54, 1.807) is 0 Å². The van der Waals surface area contributed by atoms with Crippen LogP contribution >= 0.6 is 0 Å². The number of carboxylic acid groups (broad SMARTS) is 1. The van der Waals surface area contributed by atoms with Crippen molar-refractivity contribution in [3.05, 3.63) is 29.6 Å². The molecule has 0 radical (unpaired) electrons. The molecule has 0 bridgehead atoms. The topological polar surface area (TPSA) is 67.3 Å². The Bertz CT molecular complexity index is 304. The molecule has 0 spiro atoms. The standard InChI is InChI=1S/C8H7NO3/c1-5(10)6-3-2-4-7(9-6)8(11)12/h2-4H,1H3,(H,11,12). The van der Waals surface area contributed by atoms with Gasteiger partial charge in [0, 0.05) is 6.92 Å². The van der Waals surface area contributed by atoms with Crippen LogP contribution in [0.15, 0.2) is 18.2 Å². The smallest absolute Gasteiger partial charge is 0.354 e. The van der Waals surface area contributed by atoms with Crippen molar-refractivity contribution in [3.63, 3.8) is 0 Å². The van der Waals surface area contributed by atoms with Crippen molar-refractivity contribution in [1.29, 1.82) is 0 Å². The number of rotatable bonds is 2. The average molecular weight is 165 g/mol. The van der Waals surface area contributed by atoms with Crippen molar-refractivity contribution >= 4 is 11.8 Å². The van der Waals surface area contributed by atoms with Gasteiger partial charge in [0.2, 0.25) is 0 Å². The molecule has 0 saturated carbocycles. The number of aromatic nitrogens is 1. The molecular formula is C8H7NO3. The fourth-order valence-electron chi connectivity index (χ4n) is 0.750. The summed E-state index contributed by atoms with van der Waals surface area (Å²) in [7, 11) is 0. The van der Waals surface area contributed by atoms with Gasteiger partial charge in [-0.15, -0.1) is 0 Å². The number of hydrogen-bond acceptors (Lipinski definition) is 3. The summed E-state index contributed by atoms with van der Waals surface area (Å²) < 4.78 is 0. The van der Waals surface area contributed by atoms with Gasteiger partial charge in [-0.25, -0.2) is 9.78 Å². The second-order valence-electron chi connectivity index (χ2n) is 2.27. The van der Waals surface area contributed by atoms with Gasteiger partial charge >= 0.3 is 5.97 Å². The summed E-state index contributed by atoms with van der Waals surface area (Å²) in [4.78, 5) is 24.8. The summed E-state index contributed by atoms with van der Waals surface area (Å²) in [6, 6.07) is 4.32. The van der Waals surface area contributed by atoms with Crippen LogP contribution < -0.4 is 0 Å². The lowest BCUT2D eigenvalue weighted by Gasteiger charge is -1.95. The summed E-state index contributed by atoms with van der Waals surface area (Å²) in [5, 5.41) is 8.52. The van der Waals surface area contributed by atoms with Crippen LogP contribution in [0.2, 0.25) is 0 Å². The lowest BCUT2D eigenvalue weighted by Crippen LogP contribution is -2.04. The van der Waals surface area contributed by atoms with Crippen LogP contribution in [0.5, 0.6) is 0 Å². The molecule has 0 fully saturated rings. The molecule has 0 aliphatic heterocycles. The van der Waals surface area contributed by atoms with Crippen LogP contribution in [0.25, 0.3) is 0 Å². The quantitative estimate of drug-likeness (QED) is 0.663. The Morgan fingerprint density at radius 3 is 2.42 bits per heavy atom. The molecule has 0 saturated heterocycles. The maximum atomic E-state index is 10.8. The van der Waals surface area contributed by atoms with Crippen molar-refractivity contribution in [2.75, 3.05) is 0 Å². The first kappa shape index (κ1) is 8.39. The summed E-state index contributed by atoms with van der Waals surface area (Å²) >= 11 is 0. The Hall–Kier alpha value is -1.71.